The van der Waals surface area contributed by atoms with Crippen molar-refractivity contribution < 1.29 is 4.68 Å². The number of nitrogens with one attached hydrogen (secondary N) is 1. The summed E-state index contributed by atoms with van der Waals surface area (Å²) in [6.45, 7) is 5.39. The maximum atomic E-state index is 3.23. The monoisotopic (exact) mass is 139 g/mol. The SMILES string of the molecule is CCCC[n+]1ccc(C)[nH]1. The Hall–Kier alpha value is -0.790. The highest BCUT2D eigenvalue weighted by molar-refractivity contribution is 4.88. The van der Waals surface area contributed by atoms with Crippen LogP contribution < -0.4 is 4.68 Å². The highest BCUT2D eigenvalue weighted by Gasteiger charge is 1.99. The first-order valence-electron chi connectivity index (χ1n) is 3.88. The number of hydrogen-bond acceptors (Lipinski definition) is 0. The smallest absolute Gasteiger partial charge is 0.170 e. The number of unbranched alkanes of at least 4 members (excludes halogenated alkanes) is 1. The fourth-order valence-electron chi connectivity index (χ4n) is 0.962. The van der Waals surface area contributed by atoms with Crippen LogP contribution >= 0.6 is 0 Å². The highest BCUT2D eigenvalue weighted by Crippen LogP contribution is 1.87. The van der Waals surface area contributed by atoms with Crippen LogP contribution in [0.2, 0.25) is 0 Å². The number of aromatic nitrogens is 2. The zero-order valence-corrected chi connectivity index (χ0v) is 6.72. The van der Waals surface area contributed by atoms with E-state index in [-0.39, 0.29) is 0 Å². The summed E-state index contributed by atoms with van der Waals surface area (Å²) in [5, 5.41) is 3.23. The number of rotatable bonds is 3. The maximum Gasteiger partial charge on any atom is 0.195 e. The summed E-state index contributed by atoms with van der Waals surface area (Å²) in [6, 6.07) is 2.09. The molecule has 0 atom stereocenters. The first-order chi connectivity index (χ1) is 4.83. The molecule has 0 amide bonds. The Morgan fingerprint density at radius 3 is 2.90 bits per heavy atom. The van der Waals surface area contributed by atoms with Gasteiger partial charge in [0, 0.05) is 12.5 Å². The summed E-state index contributed by atoms with van der Waals surface area (Å²) in [7, 11) is 0. The second-order valence-electron chi connectivity index (χ2n) is 2.66. The first kappa shape index (κ1) is 7.32. The topological polar surface area (TPSA) is 19.7 Å². The lowest BCUT2D eigenvalue weighted by molar-refractivity contribution is -0.750. The van der Waals surface area contributed by atoms with Crippen molar-refractivity contribution in [3.05, 3.63) is 18.0 Å². The second-order valence-corrected chi connectivity index (χ2v) is 2.66. The van der Waals surface area contributed by atoms with Crippen LogP contribution in [0, 0.1) is 6.92 Å². The molecule has 1 rings (SSSR count). The molecule has 0 saturated heterocycles. The van der Waals surface area contributed by atoms with Gasteiger partial charge in [0.1, 0.15) is 0 Å². The van der Waals surface area contributed by atoms with Crippen molar-refractivity contribution in [3.8, 4) is 0 Å². The Morgan fingerprint density at radius 1 is 1.60 bits per heavy atom. The Balaban J connectivity index is 2.42. The van der Waals surface area contributed by atoms with E-state index >= 15 is 0 Å². The minimum Gasteiger partial charge on any atom is -0.170 e. The van der Waals surface area contributed by atoms with E-state index in [0.29, 0.717) is 0 Å². The van der Waals surface area contributed by atoms with Gasteiger partial charge in [-0.05, 0) is 6.92 Å². The molecule has 0 aliphatic heterocycles. The van der Waals surface area contributed by atoms with Crippen molar-refractivity contribution in [2.45, 2.75) is 33.2 Å². The zero-order chi connectivity index (χ0) is 7.40. The van der Waals surface area contributed by atoms with E-state index in [0.717, 1.165) is 6.54 Å². The van der Waals surface area contributed by atoms with Crippen LogP contribution in [-0.4, -0.2) is 5.10 Å². The third-order valence-electron chi connectivity index (χ3n) is 1.58. The molecule has 0 radical (unpaired) electrons. The maximum absolute atomic E-state index is 3.23. The van der Waals surface area contributed by atoms with Gasteiger partial charge < -0.3 is 0 Å². The quantitative estimate of drug-likeness (QED) is 0.611. The van der Waals surface area contributed by atoms with Crippen LogP contribution in [-0.2, 0) is 6.54 Å². The molecule has 0 fully saturated rings. The van der Waals surface area contributed by atoms with Gasteiger partial charge >= 0.3 is 0 Å². The van der Waals surface area contributed by atoms with Crippen molar-refractivity contribution in [1.29, 1.82) is 0 Å². The molecule has 0 aromatic carbocycles. The van der Waals surface area contributed by atoms with Crippen molar-refractivity contribution in [2.75, 3.05) is 0 Å². The van der Waals surface area contributed by atoms with E-state index in [1.807, 2.05) is 0 Å². The summed E-state index contributed by atoms with van der Waals surface area (Å²) in [5.41, 5.74) is 1.23. The van der Waals surface area contributed by atoms with E-state index in [1.165, 1.54) is 18.5 Å². The van der Waals surface area contributed by atoms with Gasteiger partial charge in [-0.25, -0.2) is 0 Å². The fourth-order valence-corrected chi connectivity index (χ4v) is 0.962. The predicted octanol–water partition coefficient (Wildman–Crippen LogP) is 1.41. The first-order valence-corrected chi connectivity index (χ1v) is 3.88. The van der Waals surface area contributed by atoms with Crippen molar-refractivity contribution in [3.63, 3.8) is 0 Å². The Labute approximate surface area is 61.9 Å². The van der Waals surface area contributed by atoms with Crippen LogP contribution in [0.1, 0.15) is 25.5 Å². The second kappa shape index (κ2) is 3.40. The Kier molecular flexibility index (Phi) is 2.49. The molecule has 0 bridgehead atoms. The minimum absolute atomic E-state index is 1.12. The van der Waals surface area contributed by atoms with E-state index in [2.05, 4.69) is 35.9 Å². The number of H-pyrrole nitrogens is 1. The lowest BCUT2D eigenvalue weighted by atomic mass is 10.3. The standard InChI is InChI=1S/C8H14N2/c1-3-4-6-10-7-5-8(2)9-10/h5,7H,3-4,6H2,1-2H3/p+1. The van der Waals surface area contributed by atoms with Gasteiger partial charge in [-0.2, -0.15) is 5.10 Å². The van der Waals surface area contributed by atoms with Crippen LogP contribution in [0.15, 0.2) is 12.3 Å². The van der Waals surface area contributed by atoms with Gasteiger partial charge in [0.2, 0.25) is 0 Å². The van der Waals surface area contributed by atoms with Gasteiger partial charge in [0.05, 0.1) is 5.69 Å². The van der Waals surface area contributed by atoms with Crippen LogP contribution in [0.4, 0.5) is 0 Å². The van der Waals surface area contributed by atoms with Crippen LogP contribution in [0.25, 0.3) is 0 Å². The lowest BCUT2D eigenvalue weighted by Gasteiger charge is -1.87. The molecule has 0 aliphatic carbocycles. The van der Waals surface area contributed by atoms with Gasteiger partial charge in [-0.15, -0.1) is 4.68 Å². The predicted molar refractivity (Wildman–Crippen MR) is 40.6 cm³/mol. The molecule has 1 N–H and O–H groups in total. The molecule has 1 heterocycles. The molecular formula is C8H15N2+. The molecule has 1 aromatic heterocycles. The molecule has 2 nitrogen and oxygen atoms in total. The molecule has 0 saturated carbocycles. The largest absolute Gasteiger partial charge is 0.195 e. The Morgan fingerprint density at radius 2 is 2.40 bits per heavy atom. The van der Waals surface area contributed by atoms with E-state index < -0.39 is 0 Å². The average Bonchev–Trinajstić information content (AvgIpc) is 2.31. The summed E-state index contributed by atoms with van der Waals surface area (Å²) in [6.07, 6.45) is 4.60. The number of aryl methyl sites for hydroxylation is 2. The van der Waals surface area contributed by atoms with Crippen molar-refractivity contribution >= 4 is 0 Å². The van der Waals surface area contributed by atoms with Crippen molar-refractivity contribution in [2.24, 2.45) is 0 Å². The normalized spacial score (nSPS) is 10.2. The van der Waals surface area contributed by atoms with E-state index in [1.54, 1.807) is 0 Å². The fraction of sp³-hybridized carbons (Fsp3) is 0.625. The summed E-state index contributed by atoms with van der Waals surface area (Å²) in [4.78, 5) is 0. The minimum atomic E-state index is 1.12. The number of hydrogen-bond donors (Lipinski definition) is 1. The summed E-state index contributed by atoms with van der Waals surface area (Å²) >= 11 is 0. The zero-order valence-electron chi connectivity index (χ0n) is 6.72. The lowest BCUT2D eigenvalue weighted by Crippen LogP contribution is -2.34. The molecule has 0 spiro atoms. The molecule has 0 aliphatic rings. The Bertz CT molecular complexity index is 191. The number of nitrogens with zero attached hydrogens (tertiary/aromatic N) is 1. The average molecular weight is 139 g/mol. The third kappa shape index (κ3) is 1.87. The van der Waals surface area contributed by atoms with Gasteiger partial charge in [0.15, 0.2) is 12.7 Å². The van der Waals surface area contributed by atoms with Crippen LogP contribution in [0.3, 0.4) is 0 Å². The van der Waals surface area contributed by atoms with Crippen molar-refractivity contribution in [1.82, 2.24) is 5.10 Å². The number of aromatic amines is 1. The third-order valence-corrected chi connectivity index (χ3v) is 1.58. The van der Waals surface area contributed by atoms with E-state index in [4.69, 9.17) is 0 Å². The molecule has 0 unspecified atom stereocenters. The molecular weight excluding hydrogens is 124 g/mol. The summed E-state index contributed by atoms with van der Waals surface area (Å²) in [5.74, 6) is 0. The highest BCUT2D eigenvalue weighted by atomic mass is 15.3. The van der Waals surface area contributed by atoms with Gasteiger partial charge in [-0.1, -0.05) is 13.3 Å². The van der Waals surface area contributed by atoms with E-state index in [9.17, 15) is 0 Å². The van der Waals surface area contributed by atoms with Crippen LogP contribution in [0.5, 0.6) is 0 Å². The van der Waals surface area contributed by atoms with Gasteiger partial charge in [0.25, 0.3) is 0 Å². The van der Waals surface area contributed by atoms with Gasteiger partial charge in [-0.3, -0.25) is 0 Å². The molecule has 10 heavy (non-hydrogen) atoms. The molecule has 1 aromatic rings. The summed E-state index contributed by atoms with van der Waals surface area (Å²) < 4.78 is 2.12. The molecule has 2 heteroatoms. The molecule has 56 valence electrons.